The second-order valence-electron chi connectivity index (χ2n) is 5.29. The van der Waals surface area contributed by atoms with Gasteiger partial charge in [0.15, 0.2) is 0 Å². The molecule has 0 radical (unpaired) electrons. The molecule has 1 aliphatic rings. The van der Waals surface area contributed by atoms with Crippen LogP contribution in [0.2, 0.25) is 0 Å². The Morgan fingerprint density at radius 3 is 2.85 bits per heavy atom. The van der Waals surface area contributed by atoms with Crippen molar-refractivity contribution in [2.45, 2.75) is 51.5 Å². The maximum atomic E-state index is 11.8. The van der Waals surface area contributed by atoms with E-state index in [4.69, 9.17) is 5.11 Å². The number of piperidine rings is 1. The molecule has 1 aliphatic heterocycles. The van der Waals surface area contributed by atoms with Crippen molar-refractivity contribution >= 4 is 11.9 Å². The summed E-state index contributed by atoms with van der Waals surface area (Å²) in [6, 6.07) is -0.165. The van der Waals surface area contributed by atoms with Gasteiger partial charge in [0.05, 0.1) is 6.54 Å². The lowest BCUT2D eigenvalue weighted by Gasteiger charge is -2.34. The van der Waals surface area contributed by atoms with Crippen molar-refractivity contribution in [2.75, 3.05) is 26.2 Å². The molecular weight excluding hydrogens is 258 g/mol. The fourth-order valence-electron chi connectivity index (χ4n) is 2.52. The zero-order chi connectivity index (χ0) is 14.8. The minimum Gasteiger partial charge on any atom is -0.396 e. The number of nitrogens with zero attached hydrogens (tertiary/aromatic N) is 1. The summed E-state index contributed by atoms with van der Waals surface area (Å²) in [5, 5.41) is 14.1. The van der Waals surface area contributed by atoms with Crippen molar-refractivity contribution in [1.82, 2.24) is 15.5 Å². The van der Waals surface area contributed by atoms with Crippen molar-refractivity contribution in [3.8, 4) is 0 Å². The minimum absolute atomic E-state index is 0.139. The second-order valence-corrected chi connectivity index (χ2v) is 5.29. The standard InChI is InChI=1S/C14H27N3O3/c1-2-3-8-15-14(20)16-13(19)11-17-9-5-4-6-12(17)7-10-18/h12,18H,2-11H2,1H3,(H2,15,16,19,20). The molecule has 0 aromatic heterocycles. The molecule has 1 unspecified atom stereocenters. The summed E-state index contributed by atoms with van der Waals surface area (Å²) < 4.78 is 0. The van der Waals surface area contributed by atoms with E-state index in [1.165, 1.54) is 0 Å². The van der Waals surface area contributed by atoms with Crippen molar-refractivity contribution in [3.63, 3.8) is 0 Å². The molecule has 1 saturated heterocycles. The molecule has 0 aromatic rings. The molecular formula is C14H27N3O3. The monoisotopic (exact) mass is 285 g/mol. The molecule has 3 N–H and O–H groups in total. The predicted molar refractivity (Wildman–Crippen MR) is 77.4 cm³/mol. The number of amides is 3. The number of urea groups is 1. The van der Waals surface area contributed by atoms with Gasteiger partial charge < -0.3 is 10.4 Å². The third-order valence-corrected chi connectivity index (χ3v) is 3.63. The maximum absolute atomic E-state index is 11.8. The summed E-state index contributed by atoms with van der Waals surface area (Å²) in [6.07, 6.45) is 5.82. The van der Waals surface area contributed by atoms with Gasteiger partial charge in [0.25, 0.3) is 0 Å². The number of imide groups is 1. The summed E-state index contributed by atoms with van der Waals surface area (Å²) >= 11 is 0. The zero-order valence-electron chi connectivity index (χ0n) is 12.4. The molecule has 6 heteroatoms. The maximum Gasteiger partial charge on any atom is 0.321 e. The molecule has 1 fully saturated rings. The largest absolute Gasteiger partial charge is 0.396 e. The molecule has 0 aromatic carbocycles. The highest BCUT2D eigenvalue weighted by molar-refractivity contribution is 5.95. The summed E-state index contributed by atoms with van der Waals surface area (Å²) in [5.41, 5.74) is 0. The number of aliphatic hydroxyl groups is 1. The van der Waals surface area contributed by atoms with E-state index in [1.54, 1.807) is 0 Å². The van der Waals surface area contributed by atoms with Crippen LogP contribution >= 0.6 is 0 Å². The Hall–Kier alpha value is -1.14. The Bertz CT molecular complexity index is 308. The number of nitrogens with one attached hydrogen (secondary N) is 2. The Kier molecular flexibility index (Phi) is 8.22. The van der Waals surface area contributed by atoms with Crippen LogP contribution in [0.25, 0.3) is 0 Å². The van der Waals surface area contributed by atoms with Crippen LogP contribution in [0.1, 0.15) is 45.4 Å². The van der Waals surface area contributed by atoms with Gasteiger partial charge in [-0.2, -0.15) is 0 Å². The molecule has 116 valence electrons. The first-order chi connectivity index (χ1) is 9.67. The van der Waals surface area contributed by atoms with Gasteiger partial charge in [0.2, 0.25) is 5.91 Å². The fraction of sp³-hybridized carbons (Fsp3) is 0.857. The van der Waals surface area contributed by atoms with Gasteiger partial charge in [-0.3, -0.25) is 15.0 Å². The van der Waals surface area contributed by atoms with Crippen LogP contribution < -0.4 is 10.6 Å². The Morgan fingerprint density at radius 1 is 1.35 bits per heavy atom. The number of aliphatic hydroxyl groups excluding tert-OH is 1. The van der Waals surface area contributed by atoms with E-state index in [-0.39, 0.29) is 25.1 Å². The van der Waals surface area contributed by atoms with Gasteiger partial charge in [-0.25, -0.2) is 4.79 Å². The molecule has 3 amide bonds. The second kappa shape index (κ2) is 9.72. The Morgan fingerprint density at radius 2 is 2.15 bits per heavy atom. The van der Waals surface area contributed by atoms with Crippen molar-refractivity contribution in [1.29, 1.82) is 0 Å². The lowest BCUT2D eigenvalue weighted by Crippen LogP contribution is -2.49. The molecule has 0 saturated carbocycles. The van der Waals surface area contributed by atoms with Crippen LogP contribution in [-0.4, -0.2) is 54.2 Å². The van der Waals surface area contributed by atoms with E-state index < -0.39 is 6.03 Å². The Labute approximate surface area is 120 Å². The topological polar surface area (TPSA) is 81.7 Å². The molecule has 0 spiro atoms. The van der Waals surface area contributed by atoms with Crippen LogP contribution in [0.3, 0.4) is 0 Å². The molecule has 1 atom stereocenters. The Balaban J connectivity index is 2.30. The molecule has 1 heterocycles. The summed E-state index contributed by atoms with van der Waals surface area (Å²) in [6.45, 7) is 3.86. The highest BCUT2D eigenvalue weighted by Gasteiger charge is 2.24. The van der Waals surface area contributed by atoms with Crippen LogP contribution in [0, 0.1) is 0 Å². The van der Waals surface area contributed by atoms with Crippen LogP contribution in [0.15, 0.2) is 0 Å². The number of carbonyl (C=O) groups excluding carboxylic acids is 2. The lowest BCUT2D eigenvalue weighted by molar-refractivity contribution is -0.122. The average molecular weight is 285 g/mol. The number of hydrogen-bond acceptors (Lipinski definition) is 4. The summed E-state index contributed by atoms with van der Waals surface area (Å²) in [5.74, 6) is -0.274. The third kappa shape index (κ3) is 6.34. The first-order valence-corrected chi connectivity index (χ1v) is 7.60. The highest BCUT2D eigenvalue weighted by Crippen LogP contribution is 2.18. The van der Waals surface area contributed by atoms with E-state index in [9.17, 15) is 9.59 Å². The number of carbonyl (C=O) groups is 2. The molecule has 6 nitrogen and oxygen atoms in total. The number of rotatable bonds is 7. The lowest BCUT2D eigenvalue weighted by atomic mass is 10.00. The average Bonchev–Trinajstić information content (AvgIpc) is 2.41. The minimum atomic E-state index is -0.417. The number of hydrogen-bond donors (Lipinski definition) is 3. The van der Waals surface area contributed by atoms with Crippen molar-refractivity contribution < 1.29 is 14.7 Å². The van der Waals surface area contributed by atoms with Crippen LogP contribution in [0.5, 0.6) is 0 Å². The third-order valence-electron chi connectivity index (χ3n) is 3.63. The van der Waals surface area contributed by atoms with Gasteiger partial charge in [-0.1, -0.05) is 19.8 Å². The summed E-state index contributed by atoms with van der Waals surface area (Å²) in [4.78, 5) is 25.4. The molecule has 0 aliphatic carbocycles. The number of unbranched alkanes of at least 4 members (excludes halogenated alkanes) is 1. The van der Waals surface area contributed by atoms with E-state index in [1.807, 2.05) is 6.92 Å². The molecule has 20 heavy (non-hydrogen) atoms. The highest BCUT2D eigenvalue weighted by atomic mass is 16.3. The quantitative estimate of drug-likeness (QED) is 0.606. The first kappa shape index (κ1) is 16.9. The fourth-order valence-corrected chi connectivity index (χ4v) is 2.52. The van der Waals surface area contributed by atoms with Crippen molar-refractivity contribution in [2.24, 2.45) is 0 Å². The van der Waals surface area contributed by atoms with Gasteiger partial charge in [-0.05, 0) is 32.2 Å². The van der Waals surface area contributed by atoms with Gasteiger partial charge >= 0.3 is 6.03 Å². The van der Waals surface area contributed by atoms with E-state index >= 15 is 0 Å². The van der Waals surface area contributed by atoms with Crippen LogP contribution in [0.4, 0.5) is 4.79 Å². The zero-order valence-corrected chi connectivity index (χ0v) is 12.4. The van der Waals surface area contributed by atoms with E-state index in [2.05, 4.69) is 15.5 Å². The smallest absolute Gasteiger partial charge is 0.321 e. The van der Waals surface area contributed by atoms with Crippen LogP contribution in [-0.2, 0) is 4.79 Å². The SMILES string of the molecule is CCCCNC(=O)NC(=O)CN1CCCCC1CCO. The number of likely N-dealkylation sites (tertiary alicyclic amines) is 1. The first-order valence-electron chi connectivity index (χ1n) is 7.60. The predicted octanol–water partition coefficient (Wildman–Crippen LogP) is 0.849. The van der Waals surface area contributed by atoms with E-state index in [0.29, 0.717) is 13.0 Å². The normalized spacial score (nSPS) is 19.6. The van der Waals surface area contributed by atoms with Crippen molar-refractivity contribution in [3.05, 3.63) is 0 Å². The molecule has 0 bridgehead atoms. The summed E-state index contributed by atoms with van der Waals surface area (Å²) in [7, 11) is 0. The van der Waals surface area contributed by atoms with Gasteiger partial charge in [0, 0.05) is 19.2 Å². The van der Waals surface area contributed by atoms with E-state index in [0.717, 1.165) is 38.6 Å². The van der Waals surface area contributed by atoms with Gasteiger partial charge in [-0.15, -0.1) is 0 Å². The molecule has 1 rings (SSSR count). The van der Waals surface area contributed by atoms with Gasteiger partial charge in [0.1, 0.15) is 0 Å².